The average molecular weight is 293 g/mol. The van der Waals surface area contributed by atoms with Crippen molar-refractivity contribution in [1.82, 2.24) is 5.32 Å². The lowest BCUT2D eigenvalue weighted by Gasteiger charge is -2.44. The molecular formula is C19H35NO. The maximum Gasteiger partial charge on any atom is 0.0685 e. The van der Waals surface area contributed by atoms with Gasteiger partial charge in [-0.1, -0.05) is 26.2 Å². The number of hydrogen-bond donors (Lipinski definition) is 1. The summed E-state index contributed by atoms with van der Waals surface area (Å²) in [5.41, 5.74) is 0.299. The summed E-state index contributed by atoms with van der Waals surface area (Å²) in [7, 11) is 0. The molecule has 0 aromatic carbocycles. The van der Waals surface area contributed by atoms with Crippen LogP contribution in [0.4, 0.5) is 0 Å². The van der Waals surface area contributed by atoms with Crippen molar-refractivity contribution in [1.29, 1.82) is 0 Å². The number of hydrogen-bond acceptors (Lipinski definition) is 2. The van der Waals surface area contributed by atoms with E-state index in [1.807, 2.05) is 0 Å². The van der Waals surface area contributed by atoms with Gasteiger partial charge in [0.05, 0.1) is 5.60 Å². The molecule has 0 bridgehead atoms. The molecule has 3 rings (SSSR count). The van der Waals surface area contributed by atoms with Gasteiger partial charge in [0, 0.05) is 12.6 Å². The van der Waals surface area contributed by atoms with Crippen LogP contribution >= 0.6 is 0 Å². The highest BCUT2D eigenvalue weighted by molar-refractivity contribution is 4.91. The molecule has 0 amide bonds. The van der Waals surface area contributed by atoms with Crippen molar-refractivity contribution in [3.8, 4) is 0 Å². The third-order valence-corrected chi connectivity index (χ3v) is 6.09. The molecule has 122 valence electrons. The molecule has 2 saturated carbocycles. The van der Waals surface area contributed by atoms with Crippen LogP contribution in [0.2, 0.25) is 0 Å². The molecule has 1 heterocycles. The van der Waals surface area contributed by atoms with Gasteiger partial charge in [0.2, 0.25) is 0 Å². The topological polar surface area (TPSA) is 21.3 Å². The molecule has 0 radical (unpaired) electrons. The predicted molar refractivity (Wildman–Crippen MR) is 88.5 cm³/mol. The maximum atomic E-state index is 6.25. The molecule has 2 heteroatoms. The second-order valence-corrected chi connectivity index (χ2v) is 7.93. The van der Waals surface area contributed by atoms with Crippen LogP contribution in [0, 0.1) is 11.8 Å². The van der Waals surface area contributed by atoms with Crippen LogP contribution in [0.3, 0.4) is 0 Å². The zero-order valence-corrected chi connectivity index (χ0v) is 14.0. The van der Waals surface area contributed by atoms with Gasteiger partial charge in [-0.05, 0) is 76.2 Å². The summed E-state index contributed by atoms with van der Waals surface area (Å²) < 4.78 is 6.25. The van der Waals surface area contributed by atoms with Crippen molar-refractivity contribution in [2.75, 3.05) is 13.2 Å². The van der Waals surface area contributed by atoms with E-state index < -0.39 is 0 Å². The molecule has 1 saturated heterocycles. The summed E-state index contributed by atoms with van der Waals surface area (Å²) in [5, 5.41) is 3.81. The molecule has 21 heavy (non-hydrogen) atoms. The van der Waals surface area contributed by atoms with Crippen molar-refractivity contribution in [3.05, 3.63) is 0 Å². The zero-order chi connectivity index (χ0) is 14.5. The molecule has 1 spiro atoms. The second-order valence-electron chi connectivity index (χ2n) is 7.93. The van der Waals surface area contributed by atoms with Crippen molar-refractivity contribution < 1.29 is 4.74 Å². The van der Waals surface area contributed by atoms with Crippen molar-refractivity contribution >= 4 is 0 Å². The molecule has 2 unspecified atom stereocenters. The van der Waals surface area contributed by atoms with Crippen LogP contribution < -0.4 is 5.32 Å². The third kappa shape index (κ3) is 4.45. The fourth-order valence-corrected chi connectivity index (χ4v) is 4.67. The zero-order valence-electron chi connectivity index (χ0n) is 14.0. The van der Waals surface area contributed by atoms with Gasteiger partial charge < -0.3 is 10.1 Å². The second kappa shape index (κ2) is 7.46. The van der Waals surface area contributed by atoms with E-state index in [-0.39, 0.29) is 0 Å². The quantitative estimate of drug-likeness (QED) is 0.736. The first kappa shape index (κ1) is 15.8. The molecule has 2 nitrogen and oxygen atoms in total. The Balaban J connectivity index is 1.45. The third-order valence-electron chi connectivity index (χ3n) is 6.09. The normalized spacial score (nSPS) is 30.4. The van der Waals surface area contributed by atoms with Gasteiger partial charge in [0.1, 0.15) is 0 Å². The van der Waals surface area contributed by atoms with E-state index in [0.29, 0.717) is 5.60 Å². The summed E-state index contributed by atoms with van der Waals surface area (Å²) in [6.45, 7) is 4.52. The van der Waals surface area contributed by atoms with Gasteiger partial charge >= 0.3 is 0 Å². The molecule has 3 aliphatic rings. The van der Waals surface area contributed by atoms with Gasteiger partial charge in [-0.3, -0.25) is 0 Å². The van der Waals surface area contributed by atoms with Crippen LogP contribution in [-0.2, 0) is 4.74 Å². The summed E-state index contributed by atoms with van der Waals surface area (Å²) in [5.74, 6) is 1.93. The van der Waals surface area contributed by atoms with Gasteiger partial charge in [0.25, 0.3) is 0 Å². The average Bonchev–Trinajstić information content (AvgIpc) is 3.33. The minimum absolute atomic E-state index is 0.299. The summed E-state index contributed by atoms with van der Waals surface area (Å²) >= 11 is 0. The minimum Gasteiger partial charge on any atom is -0.375 e. The maximum absolute atomic E-state index is 6.25. The van der Waals surface area contributed by atoms with Crippen LogP contribution in [0.15, 0.2) is 0 Å². The van der Waals surface area contributed by atoms with E-state index in [1.165, 1.54) is 83.6 Å². The van der Waals surface area contributed by atoms with Gasteiger partial charge in [-0.15, -0.1) is 0 Å². The van der Waals surface area contributed by atoms with E-state index >= 15 is 0 Å². The summed E-state index contributed by atoms with van der Waals surface area (Å²) in [6, 6.07) is 0.815. The highest BCUT2D eigenvalue weighted by atomic mass is 16.5. The largest absolute Gasteiger partial charge is 0.375 e. The van der Waals surface area contributed by atoms with Crippen molar-refractivity contribution in [3.63, 3.8) is 0 Å². The van der Waals surface area contributed by atoms with Crippen molar-refractivity contribution in [2.45, 2.75) is 95.6 Å². The SMILES string of the molecule is CCCNC(CCC1CCOC2(CCCCC2)C1)C1CC1. The molecular weight excluding hydrogens is 258 g/mol. The molecule has 0 aromatic heterocycles. The lowest BCUT2D eigenvalue weighted by Crippen LogP contribution is -2.42. The molecule has 2 aliphatic carbocycles. The molecule has 1 N–H and O–H groups in total. The number of rotatable bonds is 7. The fourth-order valence-electron chi connectivity index (χ4n) is 4.67. The van der Waals surface area contributed by atoms with E-state index in [2.05, 4.69) is 12.2 Å². The number of nitrogens with one attached hydrogen (secondary N) is 1. The molecule has 1 aliphatic heterocycles. The first-order valence-corrected chi connectivity index (χ1v) is 9.69. The van der Waals surface area contributed by atoms with Gasteiger partial charge in [0.15, 0.2) is 0 Å². The molecule has 3 fully saturated rings. The Morgan fingerprint density at radius 1 is 1.14 bits per heavy atom. The lowest BCUT2D eigenvalue weighted by atomic mass is 9.74. The van der Waals surface area contributed by atoms with Crippen LogP contribution in [0.1, 0.15) is 84.0 Å². The minimum atomic E-state index is 0.299. The Hall–Kier alpha value is -0.0800. The first-order valence-electron chi connectivity index (χ1n) is 9.69. The summed E-state index contributed by atoms with van der Waals surface area (Å²) in [4.78, 5) is 0. The van der Waals surface area contributed by atoms with Crippen LogP contribution in [0.5, 0.6) is 0 Å². The van der Waals surface area contributed by atoms with E-state index in [1.54, 1.807) is 0 Å². The van der Waals surface area contributed by atoms with E-state index in [9.17, 15) is 0 Å². The Kier molecular flexibility index (Phi) is 5.61. The Morgan fingerprint density at radius 3 is 2.67 bits per heavy atom. The Bertz CT molecular complexity index is 301. The van der Waals surface area contributed by atoms with Crippen LogP contribution in [0.25, 0.3) is 0 Å². The first-order chi connectivity index (χ1) is 10.3. The lowest BCUT2D eigenvalue weighted by molar-refractivity contribution is -0.118. The van der Waals surface area contributed by atoms with E-state index in [0.717, 1.165) is 24.5 Å². The number of ether oxygens (including phenoxy) is 1. The molecule has 2 atom stereocenters. The highest BCUT2D eigenvalue weighted by Gasteiger charge is 2.39. The van der Waals surface area contributed by atoms with Gasteiger partial charge in [-0.2, -0.15) is 0 Å². The smallest absolute Gasteiger partial charge is 0.0685 e. The van der Waals surface area contributed by atoms with E-state index in [4.69, 9.17) is 4.74 Å². The monoisotopic (exact) mass is 293 g/mol. The van der Waals surface area contributed by atoms with Crippen molar-refractivity contribution in [2.24, 2.45) is 11.8 Å². The fraction of sp³-hybridized carbons (Fsp3) is 1.00. The Labute approximate surface area is 131 Å². The standard InChI is InChI=1S/C19H35NO/c1-2-13-20-18(17-7-8-17)9-6-16-10-14-21-19(15-16)11-4-3-5-12-19/h16-18,20H,2-15H2,1H3. The van der Waals surface area contributed by atoms with Gasteiger partial charge in [-0.25, -0.2) is 0 Å². The Morgan fingerprint density at radius 2 is 1.95 bits per heavy atom. The molecule has 0 aromatic rings. The van der Waals surface area contributed by atoms with Crippen LogP contribution in [-0.4, -0.2) is 24.8 Å². The highest BCUT2D eigenvalue weighted by Crippen LogP contribution is 2.42. The summed E-state index contributed by atoms with van der Waals surface area (Å²) in [6.07, 6.45) is 16.6. The predicted octanol–water partition coefficient (Wildman–Crippen LogP) is 4.67.